The Kier molecular flexibility index (Phi) is 12.2. The molecule has 1 atom stereocenters. The summed E-state index contributed by atoms with van der Waals surface area (Å²) in [5.74, 6) is -1.06. The lowest BCUT2D eigenvalue weighted by atomic mass is 9.86. The molecule has 0 aliphatic carbocycles. The van der Waals surface area contributed by atoms with Gasteiger partial charge in [-0.3, -0.25) is 19.9 Å². The summed E-state index contributed by atoms with van der Waals surface area (Å²) in [6.45, 7) is 10.6. The quantitative estimate of drug-likeness (QED) is 0.0378. The monoisotopic (exact) mass is 937 g/mol. The Morgan fingerprint density at radius 3 is 2.32 bits per heavy atom. The molecule has 6 N–H and O–H groups in total. The average molecular weight is 938 g/mol. The molecular formula is C51H51N7O9S. The summed E-state index contributed by atoms with van der Waals surface area (Å²) in [6, 6.07) is 23.6. The van der Waals surface area contributed by atoms with Crippen LogP contribution in [0, 0.1) is 5.41 Å². The Morgan fingerprint density at radius 1 is 0.941 bits per heavy atom. The van der Waals surface area contributed by atoms with Crippen LogP contribution in [0.5, 0.6) is 17.2 Å². The molecule has 17 heteroatoms. The number of anilines is 1. The molecule has 3 aliphatic heterocycles. The molecule has 9 rings (SSSR count). The molecule has 1 fully saturated rings. The van der Waals surface area contributed by atoms with Crippen molar-refractivity contribution >= 4 is 52.4 Å². The number of primary amides is 1. The predicted molar refractivity (Wildman–Crippen MR) is 257 cm³/mol. The predicted octanol–water partition coefficient (Wildman–Crippen LogP) is 7.13. The number of amidine groups is 1. The number of aliphatic hydroxyl groups is 1. The van der Waals surface area contributed by atoms with Crippen LogP contribution in [0.15, 0.2) is 94.6 Å². The second kappa shape index (κ2) is 18.1. The first-order valence-corrected chi connectivity index (χ1v) is 23.3. The number of cyclic esters (lactones) is 1. The lowest BCUT2D eigenvalue weighted by Crippen LogP contribution is -2.48. The first-order chi connectivity index (χ1) is 32.6. The first-order valence-electron chi connectivity index (χ1n) is 22.5. The highest BCUT2D eigenvalue weighted by Crippen LogP contribution is 2.41. The molecule has 6 aromatic rings. The standard InChI is InChI=1S/C51H51N7O9S/c1-5-34-36-21-32(13-16-41(36)54-45-38(34)26-57-42(45)23-40-39(48(57)62)27-66-49(63)51(40,65)6-2)67-68-33-14-9-30(10-15-33)47(61)56-19-17-55(18-20-56)25-29-7-11-31(12-8-29)58(50(53)64)46(52)37-22-35(28(3)4)43(59)24-44(37)60/h7-16,21-24,28,52,59-60,65H,5-6,17-20,25-27H2,1-4H3,(H2,53,64). The van der Waals surface area contributed by atoms with E-state index >= 15 is 0 Å². The number of hydrogen-bond acceptors (Lipinski definition) is 13. The van der Waals surface area contributed by atoms with Crippen molar-refractivity contribution in [3.05, 3.63) is 140 Å². The van der Waals surface area contributed by atoms with Gasteiger partial charge in [0.15, 0.2) is 5.60 Å². The summed E-state index contributed by atoms with van der Waals surface area (Å²) in [4.78, 5) is 63.4. The highest BCUT2D eigenvalue weighted by molar-refractivity contribution is 7.95. The number of nitrogens with two attached hydrogens (primary N) is 1. The van der Waals surface area contributed by atoms with Crippen molar-refractivity contribution in [3.8, 4) is 28.6 Å². The van der Waals surface area contributed by atoms with Gasteiger partial charge in [-0.05, 0) is 102 Å². The van der Waals surface area contributed by atoms with Gasteiger partial charge in [0.2, 0.25) is 0 Å². The molecule has 0 radical (unpaired) electrons. The zero-order valence-corrected chi connectivity index (χ0v) is 38.9. The molecule has 0 saturated carbocycles. The number of pyridine rings is 2. The number of nitrogens with zero attached hydrogens (tertiary/aromatic N) is 5. The van der Waals surface area contributed by atoms with E-state index in [4.69, 9.17) is 25.0 Å². The highest BCUT2D eigenvalue weighted by Gasteiger charge is 2.45. The van der Waals surface area contributed by atoms with Crippen LogP contribution in [0.3, 0.4) is 0 Å². The third kappa shape index (κ3) is 8.19. The number of fused-ring (bicyclic) bond motifs is 5. The molecule has 1 unspecified atom stereocenters. The first kappa shape index (κ1) is 45.9. The number of hydrogen-bond donors (Lipinski definition) is 5. The Labute approximate surface area is 396 Å². The van der Waals surface area contributed by atoms with Crippen LogP contribution in [0.1, 0.15) is 89.3 Å². The number of phenols is 2. The lowest BCUT2D eigenvalue weighted by Gasteiger charge is -2.35. The Balaban J connectivity index is 0.805. The second-order valence-electron chi connectivity index (χ2n) is 17.6. The van der Waals surface area contributed by atoms with Gasteiger partial charge in [0.25, 0.3) is 11.5 Å². The van der Waals surface area contributed by atoms with Crippen molar-refractivity contribution in [2.45, 2.75) is 76.6 Å². The van der Waals surface area contributed by atoms with Crippen molar-refractivity contribution in [1.82, 2.24) is 19.4 Å². The van der Waals surface area contributed by atoms with Crippen LogP contribution in [0.25, 0.3) is 22.3 Å². The lowest BCUT2D eigenvalue weighted by molar-refractivity contribution is -0.172. The number of piperazine rings is 1. The van der Waals surface area contributed by atoms with Crippen molar-refractivity contribution in [1.29, 1.82) is 5.41 Å². The highest BCUT2D eigenvalue weighted by atomic mass is 32.2. The fraction of sp³-hybridized carbons (Fsp3) is 0.294. The minimum atomic E-state index is -1.90. The summed E-state index contributed by atoms with van der Waals surface area (Å²) in [7, 11) is 0. The van der Waals surface area contributed by atoms with Gasteiger partial charge in [-0.15, -0.1) is 0 Å². The summed E-state index contributed by atoms with van der Waals surface area (Å²) in [5.41, 5.74) is 10.4. The van der Waals surface area contributed by atoms with Gasteiger partial charge in [0.1, 0.15) is 29.7 Å². The molecular weight excluding hydrogens is 887 g/mol. The zero-order valence-electron chi connectivity index (χ0n) is 38.0. The number of carbonyl (C=O) groups excluding carboxylic acids is 3. The molecule has 1 saturated heterocycles. The second-order valence-corrected chi connectivity index (χ2v) is 18.4. The Morgan fingerprint density at radius 2 is 1.66 bits per heavy atom. The Bertz CT molecular complexity index is 3090. The third-order valence-electron chi connectivity index (χ3n) is 13.2. The molecule has 5 heterocycles. The molecule has 350 valence electrons. The van der Waals surface area contributed by atoms with E-state index in [-0.39, 0.29) is 64.4 Å². The summed E-state index contributed by atoms with van der Waals surface area (Å²) in [6.07, 6.45) is 0.740. The van der Waals surface area contributed by atoms with E-state index in [1.54, 1.807) is 41.8 Å². The summed E-state index contributed by atoms with van der Waals surface area (Å²) >= 11 is 1.18. The maximum absolute atomic E-state index is 13.7. The van der Waals surface area contributed by atoms with E-state index in [9.17, 15) is 34.5 Å². The van der Waals surface area contributed by atoms with Crippen LogP contribution >= 0.6 is 12.0 Å². The number of benzene rings is 4. The van der Waals surface area contributed by atoms with E-state index in [2.05, 4.69) is 11.8 Å². The van der Waals surface area contributed by atoms with Crippen molar-refractivity contribution in [2.24, 2.45) is 5.73 Å². The number of amides is 3. The van der Waals surface area contributed by atoms with Crippen LogP contribution in [-0.2, 0) is 41.2 Å². The molecule has 68 heavy (non-hydrogen) atoms. The number of aryl methyl sites for hydroxylation is 1. The fourth-order valence-corrected chi connectivity index (χ4v) is 9.92. The van der Waals surface area contributed by atoms with Crippen LogP contribution in [0.4, 0.5) is 10.5 Å². The SMILES string of the molecule is CCc1c2c(nc3ccc(OSc4ccc(C(=O)N5CCN(Cc6ccc(N(C(=N)c7cc(C(C)C)c(O)cc7O)C(N)=O)cc6)CC5)cc4)cc13)-c1cc3c(c(=O)n1C2)COC(=O)C3(O)CC. The number of aromatic nitrogens is 2. The van der Waals surface area contributed by atoms with Crippen molar-refractivity contribution in [3.63, 3.8) is 0 Å². The van der Waals surface area contributed by atoms with Gasteiger partial charge < -0.3 is 39.4 Å². The number of aromatic hydroxyl groups is 2. The maximum Gasteiger partial charge on any atom is 0.343 e. The largest absolute Gasteiger partial charge is 0.508 e. The fourth-order valence-electron chi connectivity index (χ4n) is 9.38. The normalized spacial score (nSPS) is 16.6. The molecule has 0 bridgehead atoms. The van der Waals surface area contributed by atoms with Crippen LogP contribution < -0.4 is 20.4 Å². The number of esters is 1. The van der Waals surface area contributed by atoms with Gasteiger partial charge in [0, 0.05) is 65.8 Å². The topological polar surface area (TPSA) is 225 Å². The van der Waals surface area contributed by atoms with E-state index in [1.807, 2.05) is 61.2 Å². The van der Waals surface area contributed by atoms with Crippen molar-refractivity contribution in [2.75, 3.05) is 31.1 Å². The molecule has 3 aliphatic rings. The average Bonchev–Trinajstić information content (AvgIpc) is 3.70. The molecule has 2 aromatic heterocycles. The van der Waals surface area contributed by atoms with E-state index in [1.165, 1.54) is 18.1 Å². The van der Waals surface area contributed by atoms with Crippen LogP contribution in [0.2, 0.25) is 0 Å². The number of urea groups is 1. The smallest absolute Gasteiger partial charge is 0.343 e. The third-order valence-corrected chi connectivity index (χ3v) is 13.9. The van der Waals surface area contributed by atoms with Crippen molar-refractivity contribution < 1.29 is 38.6 Å². The van der Waals surface area contributed by atoms with E-state index < -0.39 is 17.6 Å². The Hall–Kier alpha value is -7.21. The summed E-state index contributed by atoms with van der Waals surface area (Å²) < 4.78 is 13.0. The minimum absolute atomic E-state index is 0.0604. The van der Waals surface area contributed by atoms with Gasteiger partial charge in [-0.25, -0.2) is 19.5 Å². The number of rotatable bonds is 11. The van der Waals surface area contributed by atoms with E-state index in [0.29, 0.717) is 79.6 Å². The van der Waals surface area contributed by atoms with Gasteiger partial charge in [-0.2, -0.15) is 0 Å². The number of nitrogens with one attached hydrogen (secondary N) is 1. The molecule has 16 nitrogen and oxygen atoms in total. The van der Waals surface area contributed by atoms with E-state index in [0.717, 1.165) is 43.5 Å². The number of carbonyl (C=O) groups is 3. The molecule has 4 aromatic carbocycles. The van der Waals surface area contributed by atoms with Gasteiger partial charge in [0.05, 0.1) is 52.3 Å². The summed E-state index contributed by atoms with van der Waals surface area (Å²) in [5, 5.41) is 41.7. The van der Waals surface area contributed by atoms with Gasteiger partial charge in [-0.1, -0.05) is 39.8 Å². The van der Waals surface area contributed by atoms with Gasteiger partial charge >= 0.3 is 12.0 Å². The van der Waals surface area contributed by atoms with Crippen LogP contribution in [-0.4, -0.2) is 84.6 Å². The number of ether oxygens (including phenoxy) is 1. The number of phenolic OH excluding ortho intramolecular Hbond substituents is 2. The molecule has 3 amide bonds. The minimum Gasteiger partial charge on any atom is -0.508 e. The maximum atomic E-state index is 13.7. The zero-order chi connectivity index (χ0) is 48.2. The molecule has 0 spiro atoms.